The minimum Gasteiger partial charge on any atom is -0.481 e. The van der Waals surface area contributed by atoms with Crippen LogP contribution in [0.4, 0.5) is 0 Å². The van der Waals surface area contributed by atoms with E-state index in [2.05, 4.69) is 0 Å². The summed E-state index contributed by atoms with van der Waals surface area (Å²) in [4.78, 5) is 63.4. The van der Waals surface area contributed by atoms with Crippen molar-refractivity contribution in [3.8, 4) is 0 Å². The number of aliphatic hydroxyl groups excluding tert-OH is 2. The highest BCUT2D eigenvalue weighted by Crippen LogP contribution is 2.70. The summed E-state index contributed by atoms with van der Waals surface area (Å²) >= 11 is 0. The quantitative estimate of drug-likeness (QED) is 0.379. The predicted octanol–water partition coefficient (Wildman–Crippen LogP) is 3.28. The molecule has 4 aliphatic rings. The van der Waals surface area contributed by atoms with Crippen LogP contribution in [0.25, 0.3) is 0 Å². The SMILES string of the molecule is C[C@H](CC(=O)C[C@@H](C)[C@H]1CC(=O)[C@@]2(C)C3=C(C(=O)[C@@H](O)[C@]12C)[C@@]1(C)CC[C@H](OC=O)C(C)(C)[C@@H]1C[C@@H]3O)C(=O)O. The fourth-order valence-corrected chi connectivity index (χ4v) is 9.43. The van der Waals surface area contributed by atoms with E-state index in [0.29, 0.717) is 30.5 Å². The van der Waals surface area contributed by atoms with Gasteiger partial charge >= 0.3 is 5.97 Å². The molecule has 0 aliphatic heterocycles. The number of ether oxygens (including phenoxy) is 1. The zero-order valence-electron chi connectivity index (χ0n) is 24.7. The van der Waals surface area contributed by atoms with E-state index in [0.717, 1.165) is 0 Å². The summed E-state index contributed by atoms with van der Waals surface area (Å²) in [5, 5.41) is 32.7. The number of carboxylic acids is 1. The number of hydrogen-bond acceptors (Lipinski definition) is 8. The van der Waals surface area contributed by atoms with Crippen molar-refractivity contribution in [1.82, 2.24) is 0 Å². The van der Waals surface area contributed by atoms with Crippen molar-refractivity contribution in [2.45, 2.75) is 105 Å². The molecule has 0 spiro atoms. The van der Waals surface area contributed by atoms with Crippen LogP contribution in [-0.4, -0.2) is 63.4 Å². The Bertz CT molecular complexity index is 1170. The first-order valence-corrected chi connectivity index (χ1v) is 14.4. The highest BCUT2D eigenvalue weighted by molar-refractivity contribution is 6.07. The molecular weight excluding hydrogens is 516 g/mol. The Morgan fingerprint density at radius 1 is 1.07 bits per heavy atom. The average molecular weight is 561 g/mol. The smallest absolute Gasteiger partial charge is 0.306 e. The molecule has 0 aromatic rings. The number of rotatable bonds is 8. The van der Waals surface area contributed by atoms with Crippen molar-refractivity contribution in [3.63, 3.8) is 0 Å². The van der Waals surface area contributed by atoms with Gasteiger partial charge in [-0.25, -0.2) is 0 Å². The molecule has 9 heteroatoms. The Kier molecular flexibility index (Phi) is 7.54. The normalized spacial score (nSPS) is 41.9. The Hall–Kier alpha value is -2.39. The van der Waals surface area contributed by atoms with Crippen LogP contribution in [0.2, 0.25) is 0 Å². The van der Waals surface area contributed by atoms with Gasteiger partial charge < -0.3 is 20.1 Å². The van der Waals surface area contributed by atoms with Gasteiger partial charge in [0, 0.05) is 35.7 Å². The monoisotopic (exact) mass is 560 g/mol. The molecule has 0 radical (unpaired) electrons. The molecule has 0 aromatic heterocycles. The fraction of sp³-hybridized carbons (Fsp3) is 0.774. The fourth-order valence-electron chi connectivity index (χ4n) is 9.43. The molecule has 0 saturated heterocycles. The summed E-state index contributed by atoms with van der Waals surface area (Å²) in [7, 11) is 0. The topological polar surface area (TPSA) is 155 Å². The van der Waals surface area contributed by atoms with Crippen LogP contribution in [0.1, 0.15) is 87.0 Å². The molecule has 9 nitrogen and oxygen atoms in total. The van der Waals surface area contributed by atoms with E-state index in [4.69, 9.17) is 4.74 Å². The first-order chi connectivity index (χ1) is 18.4. The van der Waals surface area contributed by atoms with Gasteiger partial charge in [-0.3, -0.25) is 24.0 Å². The van der Waals surface area contributed by atoms with Crippen molar-refractivity contribution < 1.29 is 44.0 Å². The lowest BCUT2D eigenvalue weighted by Crippen LogP contribution is -2.65. The van der Waals surface area contributed by atoms with Crippen molar-refractivity contribution in [2.24, 2.45) is 45.3 Å². The Morgan fingerprint density at radius 3 is 2.27 bits per heavy atom. The third-order valence-electron chi connectivity index (χ3n) is 11.9. The lowest BCUT2D eigenvalue weighted by Gasteiger charge is -2.62. The van der Waals surface area contributed by atoms with Crippen molar-refractivity contribution in [2.75, 3.05) is 0 Å². The molecule has 222 valence electrons. The Labute approximate surface area is 235 Å². The molecule has 4 rings (SSSR count). The van der Waals surface area contributed by atoms with E-state index < -0.39 is 63.4 Å². The number of Topliss-reactive ketones (excluding diaryl/α,β-unsaturated/α-hetero) is 3. The lowest BCUT2D eigenvalue weighted by atomic mass is 9.42. The van der Waals surface area contributed by atoms with Crippen LogP contribution in [0.3, 0.4) is 0 Å². The number of aliphatic hydroxyl groups is 2. The minimum absolute atomic E-state index is 0.0305. The molecule has 0 unspecified atom stereocenters. The van der Waals surface area contributed by atoms with E-state index >= 15 is 0 Å². The summed E-state index contributed by atoms with van der Waals surface area (Å²) in [6.45, 7) is 13.1. The van der Waals surface area contributed by atoms with Gasteiger partial charge in [-0.15, -0.1) is 0 Å². The summed E-state index contributed by atoms with van der Waals surface area (Å²) in [5.74, 6) is -3.94. The number of hydrogen-bond donors (Lipinski definition) is 3. The van der Waals surface area contributed by atoms with E-state index in [1.165, 1.54) is 6.92 Å². The number of ketones is 3. The second-order valence-corrected chi connectivity index (χ2v) is 14.2. The van der Waals surface area contributed by atoms with E-state index in [-0.39, 0.29) is 49.3 Å². The Morgan fingerprint density at radius 2 is 1.70 bits per heavy atom. The molecule has 2 fully saturated rings. The molecule has 0 bridgehead atoms. The number of aliphatic carboxylic acids is 1. The van der Waals surface area contributed by atoms with Crippen molar-refractivity contribution in [1.29, 1.82) is 0 Å². The third-order valence-corrected chi connectivity index (χ3v) is 11.9. The number of carbonyl (C=O) groups is 5. The summed E-state index contributed by atoms with van der Waals surface area (Å²) in [6.07, 6.45) is -1.76. The van der Waals surface area contributed by atoms with Crippen LogP contribution in [0.15, 0.2) is 11.1 Å². The molecule has 40 heavy (non-hydrogen) atoms. The highest BCUT2D eigenvalue weighted by atomic mass is 16.5. The first-order valence-electron chi connectivity index (χ1n) is 14.4. The maximum Gasteiger partial charge on any atom is 0.306 e. The maximum atomic E-state index is 14.2. The van der Waals surface area contributed by atoms with Crippen LogP contribution in [0.5, 0.6) is 0 Å². The van der Waals surface area contributed by atoms with E-state index in [1.807, 2.05) is 27.7 Å². The Balaban J connectivity index is 1.78. The maximum absolute atomic E-state index is 14.2. The standard InChI is InChI=1S/C31H44O9/c1-15(10-17(33)11-16(2)27(38)39)18-12-21(35)31(7)23-19(34)13-20-28(3,4)22(40-14-32)8-9-29(20,5)24(23)25(36)26(37)30(18,31)6/h14-16,18-20,22,26,34,37H,8-13H2,1-7H3,(H,38,39)/t15-,16-,18-,19+,20+,22+,26-,29+,30+,31+/m1/s1. The molecular formula is C31H44O9. The highest BCUT2D eigenvalue weighted by Gasteiger charge is 2.73. The van der Waals surface area contributed by atoms with Crippen LogP contribution in [0, 0.1) is 45.3 Å². The van der Waals surface area contributed by atoms with Crippen LogP contribution < -0.4 is 0 Å². The minimum atomic E-state index is -1.52. The molecule has 10 atom stereocenters. The summed E-state index contributed by atoms with van der Waals surface area (Å²) < 4.78 is 5.42. The van der Waals surface area contributed by atoms with Gasteiger partial charge in [0.15, 0.2) is 5.78 Å². The van der Waals surface area contributed by atoms with Gasteiger partial charge in [0.05, 0.1) is 17.4 Å². The number of carboxylic acid groups (broad SMARTS) is 1. The zero-order chi connectivity index (χ0) is 30.2. The number of carbonyl (C=O) groups excluding carboxylic acids is 4. The second kappa shape index (κ2) is 9.86. The van der Waals surface area contributed by atoms with Crippen LogP contribution >= 0.6 is 0 Å². The molecule has 2 saturated carbocycles. The summed E-state index contributed by atoms with van der Waals surface area (Å²) in [5.41, 5.74) is -3.13. The summed E-state index contributed by atoms with van der Waals surface area (Å²) in [6, 6.07) is 0. The molecule has 3 N–H and O–H groups in total. The van der Waals surface area contributed by atoms with Gasteiger partial charge in [0.25, 0.3) is 6.47 Å². The van der Waals surface area contributed by atoms with Gasteiger partial charge in [0.2, 0.25) is 0 Å². The first kappa shape index (κ1) is 30.6. The van der Waals surface area contributed by atoms with Crippen molar-refractivity contribution in [3.05, 3.63) is 11.1 Å². The molecule has 0 heterocycles. The van der Waals surface area contributed by atoms with E-state index in [9.17, 15) is 39.3 Å². The van der Waals surface area contributed by atoms with Gasteiger partial charge in [-0.2, -0.15) is 0 Å². The second-order valence-electron chi connectivity index (χ2n) is 14.2. The average Bonchev–Trinajstić information content (AvgIpc) is 3.07. The molecule has 0 amide bonds. The predicted molar refractivity (Wildman–Crippen MR) is 144 cm³/mol. The largest absolute Gasteiger partial charge is 0.481 e. The van der Waals surface area contributed by atoms with E-state index in [1.54, 1.807) is 13.8 Å². The lowest BCUT2D eigenvalue weighted by molar-refractivity contribution is -0.168. The van der Waals surface area contributed by atoms with Gasteiger partial charge in [-0.05, 0) is 54.9 Å². The molecule has 4 aliphatic carbocycles. The zero-order valence-corrected chi connectivity index (χ0v) is 24.7. The van der Waals surface area contributed by atoms with Gasteiger partial charge in [-0.1, -0.05) is 41.5 Å². The number of fused-ring (bicyclic) bond motifs is 4. The van der Waals surface area contributed by atoms with Gasteiger partial charge in [0.1, 0.15) is 23.8 Å². The molecule has 0 aromatic carbocycles. The van der Waals surface area contributed by atoms with Crippen molar-refractivity contribution >= 4 is 29.8 Å². The van der Waals surface area contributed by atoms with Crippen LogP contribution in [-0.2, 0) is 28.7 Å². The third kappa shape index (κ3) is 3.97.